The van der Waals surface area contributed by atoms with Gasteiger partial charge < -0.3 is 4.57 Å². The lowest BCUT2D eigenvalue weighted by Gasteiger charge is -2.21. The quantitative estimate of drug-likeness (QED) is 0.748. The van der Waals surface area contributed by atoms with Gasteiger partial charge in [0.15, 0.2) is 0 Å². The minimum Gasteiger partial charge on any atom is -0.324 e. The van der Waals surface area contributed by atoms with Gasteiger partial charge in [-0.15, -0.1) is 0 Å². The first-order valence-corrected chi connectivity index (χ1v) is 9.67. The van der Waals surface area contributed by atoms with E-state index in [-0.39, 0.29) is 15.6 Å². The summed E-state index contributed by atoms with van der Waals surface area (Å²) in [7, 11) is -2.17. The molecule has 124 valence electrons. The molecule has 0 saturated carbocycles. The first kappa shape index (κ1) is 16.8. The fraction of sp³-hybridized carbons (Fsp3) is 0.400. The number of anilines is 1. The van der Waals surface area contributed by atoms with Crippen molar-refractivity contribution in [2.24, 2.45) is 7.05 Å². The molecule has 0 spiro atoms. The molecule has 1 aliphatic rings. The predicted molar refractivity (Wildman–Crippen MR) is 94.7 cm³/mol. The van der Waals surface area contributed by atoms with Crippen molar-refractivity contribution >= 4 is 43.2 Å². The van der Waals surface area contributed by atoms with Gasteiger partial charge in [-0.1, -0.05) is 31.5 Å². The molecule has 3 rings (SSSR count). The second-order valence-corrected chi connectivity index (χ2v) is 9.42. The highest BCUT2D eigenvalue weighted by molar-refractivity contribution is 9.10. The Morgan fingerprint density at radius 2 is 2.00 bits per heavy atom. The minimum absolute atomic E-state index is 0.111. The fourth-order valence-electron chi connectivity index (χ4n) is 3.16. The van der Waals surface area contributed by atoms with E-state index in [1.54, 1.807) is 7.05 Å². The number of aromatic nitrogens is 2. The van der Waals surface area contributed by atoms with Crippen molar-refractivity contribution < 1.29 is 8.42 Å². The van der Waals surface area contributed by atoms with Gasteiger partial charge >= 0.3 is 0 Å². The number of benzene rings is 1. The first-order valence-electron chi connectivity index (χ1n) is 7.06. The summed E-state index contributed by atoms with van der Waals surface area (Å²) in [5.74, 6) is 0. The van der Waals surface area contributed by atoms with Gasteiger partial charge in [0.25, 0.3) is 10.0 Å². The molecule has 1 aliphatic heterocycles. The highest BCUT2D eigenvalue weighted by atomic mass is 79.9. The number of rotatable bonds is 2. The number of aryl methyl sites for hydroxylation is 2. The summed E-state index contributed by atoms with van der Waals surface area (Å²) in [5, 5.41) is -0.00115. The maximum Gasteiger partial charge on any atom is 0.285 e. The summed E-state index contributed by atoms with van der Waals surface area (Å²) in [4.78, 5) is 3.99. The van der Waals surface area contributed by atoms with Gasteiger partial charge in [-0.05, 0) is 40.0 Å². The Morgan fingerprint density at radius 1 is 1.35 bits per heavy atom. The third-order valence-corrected chi connectivity index (χ3v) is 7.05. The van der Waals surface area contributed by atoms with Crippen LogP contribution in [-0.2, 0) is 22.5 Å². The van der Waals surface area contributed by atoms with Crippen molar-refractivity contribution in [3.63, 3.8) is 0 Å². The first-order chi connectivity index (χ1) is 10.6. The van der Waals surface area contributed by atoms with E-state index in [0.717, 1.165) is 15.6 Å². The molecule has 23 heavy (non-hydrogen) atoms. The molecule has 0 aliphatic carbocycles. The Kier molecular flexibility index (Phi) is 3.82. The molecule has 8 heteroatoms. The average molecular weight is 419 g/mol. The van der Waals surface area contributed by atoms with Crippen LogP contribution in [0.15, 0.2) is 28.0 Å². The summed E-state index contributed by atoms with van der Waals surface area (Å²) < 4.78 is 29.9. The van der Waals surface area contributed by atoms with Gasteiger partial charge in [-0.2, -0.15) is 8.42 Å². The predicted octanol–water partition coefficient (Wildman–Crippen LogP) is 3.63. The number of sulfonamides is 1. The average Bonchev–Trinajstić information content (AvgIpc) is 2.94. The summed E-state index contributed by atoms with van der Waals surface area (Å²) in [5.41, 5.74) is 2.48. The van der Waals surface area contributed by atoms with E-state index in [9.17, 15) is 8.42 Å². The molecule has 1 aromatic carbocycles. The molecule has 0 amide bonds. The van der Waals surface area contributed by atoms with Gasteiger partial charge in [-0.3, -0.25) is 4.31 Å². The molecule has 0 radical (unpaired) electrons. The van der Waals surface area contributed by atoms with Crippen molar-refractivity contribution in [2.45, 2.75) is 31.2 Å². The summed E-state index contributed by atoms with van der Waals surface area (Å²) in [6, 6.07) is 3.87. The zero-order valence-electron chi connectivity index (χ0n) is 13.3. The van der Waals surface area contributed by atoms with E-state index >= 15 is 0 Å². The molecule has 2 aromatic rings. The van der Waals surface area contributed by atoms with Crippen molar-refractivity contribution in [2.75, 3.05) is 10.8 Å². The van der Waals surface area contributed by atoms with Crippen LogP contribution >= 0.6 is 27.5 Å². The Bertz CT molecular complexity index is 906. The van der Waals surface area contributed by atoms with Gasteiger partial charge in [0.1, 0.15) is 5.15 Å². The van der Waals surface area contributed by atoms with E-state index in [4.69, 9.17) is 11.6 Å². The number of imidazole rings is 1. The number of hydrogen-bond acceptors (Lipinski definition) is 3. The van der Waals surface area contributed by atoms with Gasteiger partial charge in [0, 0.05) is 23.5 Å². The smallest absolute Gasteiger partial charge is 0.285 e. The van der Waals surface area contributed by atoms with Crippen LogP contribution in [-0.4, -0.2) is 24.5 Å². The van der Waals surface area contributed by atoms with Gasteiger partial charge in [-0.25, -0.2) is 4.98 Å². The third kappa shape index (κ3) is 2.40. The van der Waals surface area contributed by atoms with Gasteiger partial charge in [0.2, 0.25) is 5.03 Å². The molecule has 5 nitrogen and oxygen atoms in total. The molecule has 0 saturated heterocycles. The maximum atomic E-state index is 13.1. The molecule has 1 aromatic heterocycles. The summed E-state index contributed by atoms with van der Waals surface area (Å²) in [6.07, 6.45) is 1.41. The molecule has 0 fully saturated rings. The van der Waals surface area contributed by atoms with E-state index in [0.29, 0.717) is 12.2 Å². The normalized spacial score (nSPS) is 16.7. The van der Waals surface area contributed by atoms with Crippen LogP contribution < -0.4 is 4.31 Å². The van der Waals surface area contributed by atoms with Crippen molar-refractivity contribution in [3.8, 4) is 0 Å². The number of fused-ring (bicyclic) bond motifs is 1. The number of halogens is 2. The zero-order chi connectivity index (χ0) is 17.2. The fourth-order valence-corrected chi connectivity index (χ4v) is 5.87. The van der Waals surface area contributed by atoms with Crippen LogP contribution in [0.1, 0.15) is 25.0 Å². The Morgan fingerprint density at radius 3 is 2.57 bits per heavy atom. The second-order valence-electron chi connectivity index (χ2n) is 6.43. The van der Waals surface area contributed by atoms with Crippen LogP contribution in [0.5, 0.6) is 0 Å². The van der Waals surface area contributed by atoms with E-state index in [1.807, 2.05) is 32.9 Å². The van der Waals surface area contributed by atoms with Crippen LogP contribution in [0, 0.1) is 6.92 Å². The number of hydrogen-bond donors (Lipinski definition) is 0. The van der Waals surface area contributed by atoms with E-state index in [1.165, 1.54) is 15.2 Å². The Labute approximate surface area is 149 Å². The molecule has 0 atom stereocenters. The van der Waals surface area contributed by atoms with Crippen molar-refractivity contribution in [1.29, 1.82) is 0 Å². The lowest BCUT2D eigenvalue weighted by atomic mass is 9.84. The summed E-state index contributed by atoms with van der Waals surface area (Å²) >= 11 is 9.62. The molecule has 0 unspecified atom stereocenters. The van der Waals surface area contributed by atoms with Crippen molar-refractivity contribution in [1.82, 2.24) is 9.55 Å². The minimum atomic E-state index is -3.83. The zero-order valence-corrected chi connectivity index (χ0v) is 16.4. The Hall–Kier alpha value is -1.05. The second kappa shape index (κ2) is 5.22. The highest BCUT2D eigenvalue weighted by Crippen LogP contribution is 2.48. The van der Waals surface area contributed by atoms with Crippen LogP contribution in [0.4, 0.5) is 5.69 Å². The number of nitrogens with zero attached hydrogens (tertiary/aromatic N) is 3. The molecule has 0 bridgehead atoms. The standard InChI is InChI=1S/C15H17BrClN3O2S/c1-9-5-6-10(16)12-11(9)15(2,3)7-20(12)23(21,22)14-13(17)19(4)8-18-14/h5-6,8H,7H2,1-4H3. The summed E-state index contributed by atoms with van der Waals surface area (Å²) in [6.45, 7) is 6.43. The third-order valence-electron chi connectivity index (χ3n) is 4.17. The lowest BCUT2D eigenvalue weighted by Crippen LogP contribution is -2.34. The Balaban J connectivity index is 2.25. The van der Waals surface area contributed by atoms with Crippen molar-refractivity contribution in [3.05, 3.63) is 39.2 Å². The maximum absolute atomic E-state index is 13.1. The SMILES string of the molecule is Cc1ccc(Br)c2c1C(C)(C)CN2S(=O)(=O)c1ncn(C)c1Cl. The largest absolute Gasteiger partial charge is 0.324 e. The van der Waals surface area contributed by atoms with E-state index < -0.39 is 10.0 Å². The lowest BCUT2D eigenvalue weighted by molar-refractivity contribution is 0.551. The highest BCUT2D eigenvalue weighted by Gasteiger charge is 2.44. The monoisotopic (exact) mass is 417 g/mol. The van der Waals surface area contributed by atoms with Gasteiger partial charge in [0.05, 0.1) is 12.0 Å². The van der Waals surface area contributed by atoms with Crippen LogP contribution in [0.2, 0.25) is 5.15 Å². The molecule has 2 heterocycles. The molecular weight excluding hydrogens is 402 g/mol. The van der Waals surface area contributed by atoms with Crippen LogP contribution in [0.25, 0.3) is 0 Å². The van der Waals surface area contributed by atoms with E-state index in [2.05, 4.69) is 20.9 Å². The topological polar surface area (TPSA) is 55.2 Å². The molecular formula is C15H17BrClN3O2S. The van der Waals surface area contributed by atoms with Crippen LogP contribution in [0.3, 0.4) is 0 Å². The molecule has 0 N–H and O–H groups in total.